The summed E-state index contributed by atoms with van der Waals surface area (Å²) in [6, 6.07) is 15.1. The highest BCUT2D eigenvalue weighted by molar-refractivity contribution is 6.03. The summed E-state index contributed by atoms with van der Waals surface area (Å²) >= 11 is 0. The zero-order valence-electron chi connectivity index (χ0n) is 19.5. The van der Waals surface area contributed by atoms with Gasteiger partial charge in [0.25, 0.3) is 5.91 Å². The summed E-state index contributed by atoms with van der Waals surface area (Å²) in [4.78, 5) is 27.6. The lowest BCUT2D eigenvalue weighted by atomic mass is 9.98. The molecule has 1 aliphatic heterocycles. The molecule has 176 valence electrons. The average Bonchev–Trinajstić information content (AvgIpc) is 3.22. The topological polar surface area (TPSA) is 74.2 Å². The summed E-state index contributed by atoms with van der Waals surface area (Å²) in [5.74, 6) is -0.635. The van der Waals surface area contributed by atoms with E-state index >= 15 is 0 Å². The number of nitrogens with one attached hydrogen (secondary N) is 1. The molecule has 8 heteroatoms. The highest BCUT2D eigenvalue weighted by Gasteiger charge is 2.34. The van der Waals surface area contributed by atoms with Crippen molar-refractivity contribution in [1.82, 2.24) is 15.2 Å². The van der Waals surface area contributed by atoms with Gasteiger partial charge in [0.1, 0.15) is 12.4 Å². The van der Waals surface area contributed by atoms with Crippen LogP contribution in [0.5, 0.6) is 0 Å². The lowest BCUT2D eigenvalue weighted by molar-refractivity contribution is -0.133. The summed E-state index contributed by atoms with van der Waals surface area (Å²) in [5.41, 5.74) is 1.95. The van der Waals surface area contributed by atoms with Crippen molar-refractivity contribution in [3.8, 4) is 0 Å². The fraction of sp³-hybridized carbons (Fsp3) is 0.400. The molecule has 0 aliphatic carbocycles. The van der Waals surface area contributed by atoms with Gasteiger partial charge in [0, 0.05) is 25.6 Å². The summed E-state index contributed by atoms with van der Waals surface area (Å²) in [6.45, 7) is 6.07. The van der Waals surface area contributed by atoms with Crippen molar-refractivity contribution in [2.45, 2.75) is 38.8 Å². The minimum atomic E-state index is -0.445. The van der Waals surface area contributed by atoms with Crippen LogP contribution in [0.1, 0.15) is 44.4 Å². The summed E-state index contributed by atoms with van der Waals surface area (Å²) in [5, 5.41) is 8.94. The first-order chi connectivity index (χ1) is 15.7. The van der Waals surface area contributed by atoms with Crippen molar-refractivity contribution in [2.24, 2.45) is 5.10 Å². The first-order valence-corrected chi connectivity index (χ1v) is 10.9. The molecule has 2 aromatic carbocycles. The van der Waals surface area contributed by atoms with Crippen LogP contribution in [0.3, 0.4) is 0 Å². The smallest absolute Gasteiger partial charge is 0.318 e. The van der Waals surface area contributed by atoms with Crippen LogP contribution in [0.4, 0.5) is 9.18 Å². The number of methoxy groups -OCH3 is 1. The van der Waals surface area contributed by atoms with Crippen LogP contribution in [-0.4, -0.2) is 59.9 Å². The Bertz CT molecular complexity index is 987. The maximum Gasteiger partial charge on any atom is 0.318 e. The number of hydrogen-bond acceptors (Lipinski definition) is 4. The van der Waals surface area contributed by atoms with E-state index in [0.717, 1.165) is 11.1 Å². The third-order valence-corrected chi connectivity index (χ3v) is 5.19. The second-order valence-electron chi connectivity index (χ2n) is 9.02. The van der Waals surface area contributed by atoms with E-state index in [1.165, 1.54) is 22.0 Å². The van der Waals surface area contributed by atoms with E-state index in [-0.39, 0.29) is 36.9 Å². The number of amides is 3. The fourth-order valence-electron chi connectivity index (χ4n) is 3.58. The Balaban J connectivity index is 1.86. The number of urea groups is 1. The highest BCUT2D eigenvalue weighted by atomic mass is 19.1. The maximum atomic E-state index is 13.4. The van der Waals surface area contributed by atoms with Crippen LogP contribution < -0.4 is 5.32 Å². The van der Waals surface area contributed by atoms with E-state index in [4.69, 9.17) is 4.74 Å². The molecule has 0 radical (unpaired) electrons. The van der Waals surface area contributed by atoms with Crippen LogP contribution in [0.2, 0.25) is 0 Å². The fourth-order valence-corrected chi connectivity index (χ4v) is 3.58. The third-order valence-electron chi connectivity index (χ3n) is 5.19. The van der Waals surface area contributed by atoms with Crippen LogP contribution >= 0.6 is 0 Å². The largest absolute Gasteiger partial charge is 0.383 e. The maximum absolute atomic E-state index is 13.4. The number of rotatable bonds is 7. The van der Waals surface area contributed by atoms with Gasteiger partial charge in [-0.25, -0.2) is 14.2 Å². The Hall–Kier alpha value is -3.26. The summed E-state index contributed by atoms with van der Waals surface area (Å²) in [7, 11) is 1.55. The molecule has 3 amide bonds. The molecule has 0 aromatic heterocycles. The molecule has 0 saturated heterocycles. The molecule has 0 fully saturated rings. The monoisotopic (exact) mass is 454 g/mol. The quantitative estimate of drug-likeness (QED) is 0.688. The molecule has 0 bridgehead atoms. The van der Waals surface area contributed by atoms with Gasteiger partial charge in [0.15, 0.2) is 0 Å². The number of nitrogens with zero attached hydrogens (tertiary/aromatic N) is 3. The second-order valence-corrected chi connectivity index (χ2v) is 9.02. The van der Waals surface area contributed by atoms with Crippen LogP contribution in [-0.2, 0) is 9.53 Å². The minimum absolute atomic E-state index is 0.144. The lowest BCUT2D eigenvalue weighted by Crippen LogP contribution is -2.52. The van der Waals surface area contributed by atoms with Crippen molar-refractivity contribution in [3.05, 3.63) is 71.5 Å². The zero-order chi connectivity index (χ0) is 24.0. The van der Waals surface area contributed by atoms with Crippen molar-refractivity contribution in [3.63, 3.8) is 0 Å². The van der Waals surface area contributed by atoms with Gasteiger partial charge >= 0.3 is 6.03 Å². The SMILES string of the molecule is COCCN(CC(=O)N1N=C(c2ccc(F)cc2)CC1c1ccccc1)C(=O)NC(C)(C)C. The predicted octanol–water partition coefficient (Wildman–Crippen LogP) is 3.96. The zero-order valence-corrected chi connectivity index (χ0v) is 19.5. The van der Waals surface area contributed by atoms with Crippen molar-refractivity contribution in [2.75, 3.05) is 26.8 Å². The van der Waals surface area contributed by atoms with Gasteiger partial charge in [-0.2, -0.15) is 5.10 Å². The van der Waals surface area contributed by atoms with E-state index in [9.17, 15) is 14.0 Å². The van der Waals surface area contributed by atoms with Gasteiger partial charge in [-0.05, 0) is 44.0 Å². The Kier molecular flexibility index (Phi) is 7.81. The van der Waals surface area contributed by atoms with Crippen LogP contribution in [0.15, 0.2) is 59.7 Å². The predicted molar refractivity (Wildman–Crippen MR) is 125 cm³/mol. The van der Waals surface area contributed by atoms with E-state index in [2.05, 4.69) is 10.4 Å². The number of halogens is 1. The van der Waals surface area contributed by atoms with Crippen LogP contribution in [0, 0.1) is 5.82 Å². The average molecular weight is 455 g/mol. The van der Waals surface area contributed by atoms with E-state index in [1.807, 2.05) is 51.1 Å². The Morgan fingerprint density at radius 1 is 1.15 bits per heavy atom. The molecule has 2 aromatic rings. The second kappa shape index (κ2) is 10.6. The van der Waals surface area contributed by atoms with Gasteiger partial charge in [-0.1, -0.05) is 42.5 Å². The van der Waals surface area contributed by atoms with Gasteiger partial charge in [-0.15, -0.1) is 0 Å². The van der Waals surface area contributed by atoms with Gasteiger partial charge in [-0.3, -0.25) is 4.79 Å². The normalized spacial score (nSPS) is 15.8. The van der Waals surface area contributed by atoms with Crippen LogP contribution in [0.25, 0.3) is 0 Å². The molecule has 1 heterocycles. The molecule has 1 unspecified atom stereocenters. The number of carbonyl (C=O) groups is 2. The first kappa shape index (κ1) is 24.4. The summed E-state index contributed by atoms with van der Waals surface area (Å²) in [6.07, 6.45) is 0.494. The first-order valence-electron chi connectivity index (χ1n) is 10.9. The van der Waals surface area contributed by atoms with Gasteiger partial charge in [0.05, 0.1) is 18.4 Å². The molecule has 1 N–H and O–H groups in total. The molecule has 3 rings (SSSR count). The molecule has 0 spiro atoms. The standard InChI is InChI=1S/C25H31FN4O3/c1-25(2,3)27-24(32)29(14-15-33-4)17-23(31)30-22(19-8-6-5-7-9-19)16-21(28-30)18-10-12-20(26)13-11-18/h5-13,22H,14-17H2,1-4H3,(H,27,32). The summed E-state index contributed by atoms with van der Waals surface area (Å²) < 4.78 is 18.5. The molecule has 7 nitrogen and oxygen atoms in total. The van der Waals surface area contributed by atoms with E-state index in [1.54, 1.807) is 19.2 Å². The molecule has 1 atom stereocenters. The third kappa shape index (κ3) is 6.61. The van der Waals surface area contributed by atoms with Crippen molar-refractivity contribution in [1.29, 1.82) is 0 Å². The molecule has 1 aliphatic rings. The van der Waals surface area contributed by atoms with E-state index < -0.39 is 5.54 Å². The number of ether oxygens (including phenoxy) is 1. The van der Waals surface area contributed by atoms with Crippen molar-refractivity contribution < 1.29 is 18.7 Å². The molecule has 0 saturated carbocycles. The molecular formula is C25H31FN4O3. The Morgan fingerprint density at radius 3 is 2.42 bits per heavy atom. The van der Waals surface area contributed by atoms with Gasteiger partial charge < -0.3 is 15.0 Å². The van der Waals surface area contributed by atoms with E-state index in [0.29, 0.717) is 18.7 Å². The number of carbonyl (C=O) groups excluding carboxylic acids is 2. The minimum Gasteiger partial charge on any atom is -0.383 e. The highest BCUT2D eigenvalue weighted by Crippen LogP contribution is 2.32. The number of hydrazone groups is 1. The van der Waals surface area contributed by atoms with Crippen molar-refractivity contribution >= 4 is 17.6 Å². The number of hydrogen-bond donors (Lipinski definition) is 1. The lowest BCUT2D eigenvalue weighted by Gasteiger charge is -2.30. The Morgan fingerprint density at radius 2 is 1.82 bits per heavy atom. The molecule has 33 heavy (non-hydrogen) atoms. The molecular weight excluding hydrogens is 423 g/mol. The Labute approximate surface area is 194 Å². The van der Waals surface area contributed by atoms with Gasteiger partial charge in [0.2, 0.25) is 0 Å². The number of benzene rings is 2.